The molecule has 4 nitrogen and oxygen atoms in total. The molecule has 1 aliphatic rings. The first-order valence-corrected chi connectivity index (χ1v) is 7.05. The summed E-state index contributed by atoms with van der Waals surface area (Å²) in [6, 6.07) is 4.34. The summed E-state index contributed by atoms with van der Waals surface area (Å²) < 4.78 is 5.61. The standard InChI is InChI=1S/C13H17N3OS/c1-9-3-4-12(17-9)10-8-18-13(15-10)11-7-14-5-6-16(11)2/h3-4,8,11,14H,5-7H2,1-2H3. The quantitative estimate of drug-likeness (QED) is 0.902. The van der Waals surface area contributed by atoms with Gasteiger partial charge in [0, 0.05) is 25.0 Å². The molecule has 0 spiro atoms. The van der Waals surface area contributed by atoms with Gasteiger partial charge in [-0.25, -0.2) is 4.98 Å². The van der Waals surface area contributed by atoms with Gasteiger partial charge in [0.25, 0.3) is 0 Å². The highest BCUT2D eigenvalue weighted by Gasteiger charge is 2.23. The SMILES string of the molecule is Cc1ccc(-c2csc(C3CNCCN3C)n2)o1. The third-order valence-electron chi connectivity index (χ3n) is 3.31. The maximum Gasteiger partial charge on any atom is 0.153 e. The number of hydrogen-bond donors (Lipinski definition) is 1. The van der Waals surface area contributed by atoms with Crippen molar-refractivity contribution in [1.82, 2.24) is 15.2 Å². The fourth-order valence-corrected chi connectivity index (χ4v) is 3.18. The van der Waals surface area contributed by atoms with Crippen LogP contribution in [0.25, 0.3) is 11.5 Å². The molecule has 3 rings (SSSR count). The number of piperazine rings is 1. The van der Waals surface area contributed by atoms with Crippen LogP contribution in [0.5, 0.6) is 0 Å². The number of aromatic nitrogens is 1. The first kappa shape index (κ1) is 11.9. The van der Waals surface area contributed by atoms with Gasteiger partial charge in [-0.1, -0.05) is 0 Å². The van der Waals surface area contributed by atoms with Crippen LogP contribution < -0.4 is 5.32 Å². The van der Waals surface area contributed by atoms with Gasteiger partial charge in [-0.15, -0.1) is 11.3 Å². The zero-order chi connectivity index (χ0) is 12.5. The third kappa shape index (κ3) is 2.21. The lowest BCUT2D eigenvalue weighted by Crippen LogP contribution is -2.43. The normalized spacial score (nSPS) is 21.3. The number of rotatable bonds is 2. The molecule has 2 aromatic rings. The maximum absolute atomic E-state index is 5.61. The molecule has 0 bridgehead atoms. The number of nitrogens with one attached hydrogen (secondary N) is 1. The highest BCUT2D eigenvalue weighted by molar-refractivity contribution is 7.10. The van der Waals surface area contributed by atoms with E-state index in [0.717, 1.165) is 41.9 Å². The van der Waals surface area contributed by atoms with Crippen molar-refractivity contribution in [2.24, 2.45) is 0 Å². The lowest BCUT2D eigenvalue weighted by molar-refractivity contribution is 0.202. The minimum absolute atomic E-state index is 0.383. The van der Waals surface area contributed by atoms with Crippen molar-refractivity contribution in [1.29, 1.82) is 0 Å². The highest BCUT2D eigenvalue weighted by atomic mass is 32.1. The smallest absolute Gasteiger partial charge is 0.153 e. The van der Waals surface area contributed by atoms with Gasteiger partial charge in [0.2, 0.25) is 0 Å². The van der Waals surface area contributed by atoms with Crippen molar-refractivity contribution in [2.75, 3.05) is 26.7 Å². The molecule has 1 fully saturated rings. The molecule has 5 heteroatoms. The van der Waals surface area contributed by atoms with E-state index in [1.54, 1.807) is 11.3 Å². The highest BCUT2D eigenvalue weighted by Crippen LogP contribution is 2.29. The van der Waals surface area contributed by atoms with Crippen molar-refractivity contribution in [3.8, 4) is 11.5 Å². The Morgan fingerprint density at radius 2 is 2.39 bits per heavy atom. The molecule has 1 N–H and O–H groups in total. The zero-order valence-electron chi connectivity index (χ0n) is 10.6. The first-order chi connectivity index (χ1) is 8.74. The van der Waals surface area contributed by atoms with Crippen LogP contribution in [0.1, 0.15) is 16.8 Å². The Bertz CT molecular complexity index is 534. The average Bonchev–Trinajstić information content (AvgIpc) is 2.98. The number of furan rings is 1. The molecule has 1 saturated heterocycles. The summed E-state index contributed by atoms with van der Waals surface area (Å²) in [7, 11) is 2.16. The fourth-order valence-electron chi connectivity index (χ4n) is 2.21. The number of hydrogen-bond acceptors (Lipinski definition) is 5. The summed E-state index contributed by atoms with van der Waals surface area (Å²) in [6.45, 7) is 5.05. The van der Waals surface area contributed by atoms with Gasteiger partial charge in [-0.3, -0.25) is 4.90 Å². The maximum atomic E-state index is 5.61. The Kier molecular flexibility index (Phi) is 3.20. The Balaban J connectivity index is 1.84. The van der Waals surface area contributed by atoms with Crippen molar-refractivity contribution < 1.29 is 4.42 Å². The van der Waals surface area contributed by atoms with Crippen molar-refractivity contribution in [3.63, 3.8) is 0 Å². The summed E-state index contributed by atoms with van der Waals surface area (Å²) in [6.07, 6.45) is 0. The summed E-state index contributed by atoms with van der Waals surface area (Å²) >= 11 is 1.71. The van der Waals surface area contributed by atoms with E-state index in [9.17, 15) is 0 Å². The molecule has 2 aromatic heterocycles. The molecular formula is C13H17N3OS. The van der Waals surface area contributed by atoms with Gasteiger partial charge in [-0.05, 0) is 26.1 Å². The van der Waals surface area contributed by atoms with E-state index >= 15 is 0 Å². The van der Waals surface area contributed by atoms with E-state index in [-0.39, 0.29) is 0 Å². The number of aryl methyl sites for hydroxylation is 1. The minimum Gasteiger partial charge on any atom is -0.460 e. The molecule has 1 unspecified atom stereocenters. The average molecular weight is 263 g/mol. The van der Waals surface area contributed by atoms with E-state index < -0.39 is 0 Å². The van der Waals surface area contributed by atoms with E-state index in [4.69, 9.17) is 9.40 Å². The van der Waals surface area contributed by atoms with Gasteiger partial charge in [-0.2, -0.15) is 0 Å². The Morgan fingerprint density at radius 1 is 1.50 bits per heavy atom. The van der Waals surface area contributed by atoms with Crippen LogP contribution >= 0.6 is 11.3 Å². The second kappa shape index (κ2) is 4.84. The van der Waals surface area contributed by atoms with Crippen LogP contribution in [0.4, 0.5) is 0 Å². The first-order valence-electron chi connectivity index (χ1n) is 6.17. The van der Waals surface area contributed by atoms with Crippen LogP contribution in [0.2, 0.25) is 0 Å². The molecule has 96 valence electrons. The topological polar surface area (TPSA) is 41.3 Å². The van der Waals surface area contributed by atoms with Gasteiger partial charge in [0.05, 0.1) is 6.04 Å². The van der Waals surface area contributed by atoms with Crippen molar-refractivity contribution in [3.05, 3.63) is 28.3 Å². The van der Waals surface area contributed by atoms with E-state index in [0.29, 0.717) is 6.04 Å². The van der Waals surface area contributed by atoms with E-state index in [2.05, 4.69) is 22.6 Å². The molecular weight excluding hydrogens is 246 g/mol. The third-order valence-corrected chi connectivity index (χ3v) is 4.26. The van der Waals surface area contributed by atoms with Crippen molar-refractivity contribution >= 4 is 11.3 Å². The molecule has 0 aromatic carbocycles. The summed E-state index contributed by atoms with van der Waals surface area (Å²) in [5, 5.41) is 6.66. The summed E-state index contributed by atoms with van der Waals surface area (Å²) in [5.74, 6) is 1.79. The van der Waals surface area contributed by atoms with Gasteiger partial charge in [0.15, 0.2) is 5.76 Å². The lowest BCUT2D eigenvalue weighted by Gasteiger charge is -2.31. The Hall–Kier alpha value is -1.17. The molecule has 0 saturated carbocycles. The molecule has 3 heterocycles. The number of nitrogens with zero attached hydrogens (tertiary/aromatic N) is 2. The Morgan fingerprint density at radius 3 is 3.11 bits per heavy atom. The molecule has 18 heavy (non-hydrogen) atoms. The van der Waals surface area contributed by atoms with Crippen LogP contribution in [-0.4, -0.2) is 36.6 Å². The van der Waals surface area contributed by atoms with Crippen LogP contribution in [0, 0.1) is 6.92 Å². The van der Waals surface area contributed by atoms with Crippen LogP contribution in [-0.2, 0) is 0 Å². The number of likely N-dealkylation sites (N-methyl/N-ethyl adjacent to an activating group) is 1. The van der Waals surface area contributed by atoms with Gasteiger partial charge in [0.1, 0.15) is 16.5 Å². The zero-order valence-corrected chi connectivity index (χ0v) is 11.5. The fraction of sp³-hybridized carbons (Fsp3) is 0.462. The lowest BCUT2D eigenvalue weighted by atomic mass is 10.2. The van der Waals surface area contributed by atoms with E-state index in [1.165, 1.54) is 0 Å². The van der Waals surface area contributed by atoms with Crippen LogP contribution in [0.3, 0.4) is 0 Å². The predicted molar refractivity (Wildman–Crippen MR) is 72.8 cm³/mol. The van der Waals surface area contributed by atoms with E-state index in [1.807, 2.05) is 19.1 Å². The summed E-state index contributed by atoms with van der Waals surface area (Å²) in [4.78, 5) is 7.06. The predicted octanol–water partition coefficient (Wildman–Crippen LogP) is 2.29. The minimum atomic E-state index is 0.383. The largest absolute Gasteiger partial charge is 0.460 e. The van der Waals surface area contributed by atoms with Crippen LogP contribution in [0.15, 0.2) is 21.9 Å². The summed E-state index contributed by atoms with van der Waals surface area (Å²) in [5.41, 5.74) is 0.946. The second-order valence-corrected chi connectivity index (χ2v) is 5.57. The Labute approximate surface area is 111 Å². The number of thiazole rings is 1. The molecule has 0 radical (unpaired) electrons. The monoisotopic (exact) mass is 263 g/mol. The molecule has 1 atom stereocenters. The molecule has 0 aliphatic carbocycles. The molecule has 1 aliphatic heterocycles. The van der Waals surface area contributed by atoms with Gasteiger partial charge < -0.3 is 9.73 Å². The van der Waals surface area contributed by atoms with Gasteiger partial charge >= 0.3 is 0 Å². The second-order valence-electron chi connectivity index (χ2n) is 4.68. The van der Waals surface area contributed by atoms with Crippen molar-refractivity contribution in [2.45, 2.75) is 13.0 Å². The molecule has 0 amide bonds.